The number of primary amides is 1. The van der Waals surface area contributed by atoms with E-state index in [1.807, 2.05) is 0 Å². The molecule has 2 amide bonds. The first-order valence-electron chi connectivity index (χ1n) is 5.52. The van der Waals surface area contributed by atoms with Gasteiger partial charge in [0.25, 0.3) is 5.91 Å². The van der Waals surface area contributed by atoms with Crippen molar-refractivity contribution in [3.05, 3.63) is 29.8 Å². The lowest BCUT2D eigenvalue weighted by Crippen LogP contribution is -2.32. The molecule has 1 aromatic rings. The molecule has 0 aliphatic heterocycles. The normalized spacial score (nSPS) is 10.4. The number of nitrogens with zero attached hydrogens (tertiary/aromatic N) is 1. The molecule has 4 N–H and O–H groups in total. The number of benzene rings is 1. The largest absolute Gasteiger partial charge is 0.395 e. The number of para-hydroxylation sites is 1. The zero-order valence-corrected chi connectivity index (χ0v) is 10.2. The number of carbonyl (C=O) groups is 2. The molecule has 1 aromatic carbocycles. The zero-order chi connectivity index (χ0) is 13.5. The van der Waals surface area contributed by atoms with Crippen molar-refractivity contribution in [2.45, 2.75) is 0 Å². The van der Waals surface area contributed by atoms with Gasteiger partial charge in [-0.15, -0.1) is 0 Å². The fourth-order valence-corrected chi connectivity index (χ4v) is 1.49. The minimum atomic E-state index is -0.588. The Bertz CT molecular complexity index is 434. The number of anilines is 1. The van der Waals surface area contributed by atoms with E-state index in [2.05, 4.69) is 5.32 Å². The molecule has 0 saturated carbocycles. The molecule has 6 nitrogen and oxygen atoms in total. The van der Waals surface area contributed by atoms with Crippen LogP contribution in [0, 0.1) is 0 Å². The first kappa shape index (κ1) is 14.1. The van der Waals surface area contributed by atoms with Crippen LogP contribution in [-0.4, -0.2) is 48.6 Å². The summed E-state index contributed by atoms with van der Waals surface area (Å²) < 4.78 is 0. The molecule has 0 bridgehead atoms. The van der Waals surface area contributed by atoms with Crippen LogP contribution in [0.1, 0.15) is 10.4 Å². The number of nitrogens with one attached hydrogen (secondary N) is 1. The minimum absolute atomic E-state index is 0.0122. The van der Waals surface area contributed by atoms with Gasteiger partial charge >= 0.3 is 0 Å². The topological polar surface area (TPSA) is 95.7 Å². The second kappa shape index (κ2) is 6.73. The van der Waals surface area contributed by atoms with Crippen LogP contribution in [0.5, 0.6) is 0 Å². The highest BCUT2D eigenvalue weighted by atomic mass is 16.3. The Balaban J connectivity index is 2.67. The molecule has 0 fully saturated rings. The zero-order valence-electron chi connectivity index (χ0n) is 10.2. The highest BCUT2D eigenvalue weighted by Crippen LogP contribution is 2.13. The number of nitrogens with two attached hydrogens (primary N) is 1. The van der Waals surface area contributed by atoms with Gasteiger partial charge in [0.05, 0.1) is 24.4 Å². The third-order valence-corrected chi connectivity index (χ3v) is 2.36. The van der Waals surface area contributed by atoms with Gasteiger partial charge < -0.3 is 16.2 Å². The van der Waals surface area contributed by atoms with Crippen molar-refractivity contribution >= 4 is 17.5 Å². The van der Waals surface area contributed by atoms with Crippen molar-refractivity contribution in [3.63, 3.8) is 0 Å². The molecule has 0 aliphatic rings. The number of aliphatic hydroxyl groups is 1. The van der Waals surface area contributed by atoms with E-state index in [0.717, 1.165) is 0 Å². The van der Waals surface area contributed by atoms with Gasteiger partial charge in [-0.05, 0) is 19.2 Å². The second-order valence-electron chi connectivity index (χ2n) is 3.92. The van der Waals surface area contributed by atoms with Crippen molar-refractivity contribution in [3.8, 4) is 0 Å². The third kappa shape index (κ3) is 4.15. The van der Waals surface area contributed by atoms with Crippen LogP contribution in [0.15, 0.2) is 24.3 Å². The second-order valence-corrected chi connectivity index (χ2v) is 3.92. The lowest BCUT2D eigenvalue weighted by molar-refractivity contribution is -0.117. The number of hydrogen-bond donors (Lipinski definition) is 3. The first-order valence-corrected chi connectivity index (χ1v) is 5.52. The van der Waals surface area contributed by atoms with Gasteiger partial charge in [0.2, 0.25) is 5.91 Å². The van der Waals surface area contributed by atoms with Crippen molar-refractivity contribution in [1.82, 2.24) is 4.90 Å². The van der Waals surface area contributed by atoms with Crippen LogP contribution in [-0.2, 0) is 4.79 Å². The summed E-state index contributed by atoms with van der Waals surface area (Å²) >= 11 is 0. The van der Waals surface area contributed by atoms with Crippen molar-refractivity contribution in [2.24, 2.45) is 5.73 Å². The predicted octanol–water partition coefficient (Wildman–Crippen LogP) is -0.352. The lowest BCUT2D eigenvalue weighted by atomic mass is 10.1. The Morgan fingerprint density at radius 3 is 2.67 bits per heavy atom. The van der Waals surface area contributed by atoms with Gasteiger partial charge in [0.15, 0.2) is 0 Å². The molecule has 0 aliphatic carbocycles. The summed E-state index contributed by atoms with van der Waals surface area (Å²) in [5.74, 6) is -0.853. The van der Waals surface area contributed by atoms with Gasteiger partial charge in [-0.2, -0.15) is 0 Å². The van der Waals surface area contributed by atoms with Crippen LogP contribution < -0.4 is 11.1 Å². The van der Waals surface area contributed by atoms with Crippen molar-refractivity contribution < 1.29 is 14.7 Å². The summed E-state index contributed by atoms with van der Waals surface area (Å²) in [5.41, 5.74) is 5.88. The highest BCUT2D eigenvalue weighted by molar-refractivity contribution is 6.03. The molecule has 98 valence electrons. The molecule has 0 saturated heterocycles. The molecular weight excluding hydrogens is 234 g/mol. The van der Waals surface area contributed by atoms with Gasteiger partial charge in [-0.1, -0.05) is 12.1 Å². The Morgan fingerprint density at radius 2 is 2.06 bits per heavy atom. The van der Waals surface area contributed by atoms with Gasteiger partial charge in [0, 0.05) is 6.54 Å². The fraction of sp³-hybridized carbons (Fsp3) is 0.333. The maximum Gasteiger partial charge on any atom is 0.250 e. The summed E-state index contributed by atoms with van der Waals surface area (Å²) in [4.78, 5) is 24.5. The summed E-state index contributed by atoms with van der Waals surface area (Å²) in [6, 6.07) is 6.55. The smallest absolute Gasteiger partial charge is 0.250 e. The summed E-state index contributed by atoms with van der Waals surface area (Å²) in [6.45, 7) is 0.528. The molecule has 18 heavy (non-hydrogen) atoms. The number of rotatable bonds is 6. The van der Waals surface area contributed by atoms with Crippen LogP contribution in [0.3, 0.4) is 0 Å². The summed E-state index contributed by atoms with van der Waals surface area (Å²) in [5, 5.41) is 11.3. The van der Waals surface area contributed by atoms with Gasteiger partial charge in [0.1, 0.15) is 0 Å². The van der Waals surface area contributed by atoms with E-state index in [-0.39, 0.29) is 24.6 Å². The first-order chi connectivity index (χ1) is 8.54. The van der Waals surface area contributed by atoms with E-state index < -0.39 is 5.91 Å². The average Bonchev–Trinajstić information content (AvgIpc) is 2.29. The van der Waals surface area contributed by atoms with Crippen LogP contribution in [0.4, 0.5) is 5.69 Å². The SMILES string of the molecule is CN(CCO)CC(=O)Nc1ccccc1C(N)=O. The molecule has 6 heteroatoms. The van der Waals surface area contributed by atoms with Crippen LogP contribution in [0.2, 0.25) is 0 Å². The van der Waals surface area contributed by atoms with E-state index in [0.29, 0.717) is 12.2 Å². The van der Waals surface area contributed by atoms with Crippen molar-refractivity contribution in [1.29, 1.82) is 0 Å². The maximum absolute atomic E-state index is 11.7. The monoisotopic (exact) mass is 251 g/mol. The maximum atomic E-state index is 11.7. The van der Waals surface area contributed by atoms with E-state index in [1.165, 1.54) is 0 Å². The van der Waals surface area contributed by atoms with Gasteiger partial charge in [-0.25, -0.2) is 0 Å². The fourth-order valence-electron chi connectivity index (χ4n) is 1.49. The van der Waals surface area contributed by atoms with E-state index in [9.17, 15) is 9.59 Å². The molecule has 0 atom stereocenters. The number of hydrogen-bond acceptors (Lipinski definition) is 4. The minimum Gasteiger partial charge on any atom is -0.395 e. The van der Waals surface area contributed by atoms with Crippen LogP contribution in [0.25, 0.3) is 0 Å². The van der Waals surface area contributed by atoms with Crippen molar-refractivity contribution in [2.75, 3.05) is 32.1 Å². The Morgan fingerprint density at radius 1 is 1.39 bits per heavy atom. The molecule has 0 heterocycles. The average molecular weight is 251 g/mol. The summed E-state index contributed by atoms with van der Waals surface area (Å²) in [6.07, 6.45) is 0. The quantitative estimate of drug-likeness (QED) is 0.644. The molecule has 0 radical (unpaired) electrons. The molecule has 0 spiro atoms. The van der Waals surface area contributed by atoms with E-state index >= 15 is 0 Å². The number of carbonyl (C=O) groups excluding carboxylic acids is 2. The molecule has 0 unspecified atom stereocenters. The summed E-state index contributed by atoms with van der Waals surface area (Å²) in [7, 11) is 1.72. The van der Waals surface area contributed by atoms with Gasteiger partial charge in [-0.3, -0.25) is 14.5 Å². The number of aliphatic hydroxyl groups excluding tert-OH is 1. The third-order valence-electron chi connectivity index (χ3n) is 2.36. The Hall–Kier alpha value is -1.92. The molecular formula is C12H17N3O3. The Labute approximate surface area is 105 Å². The van der Waals surface area contributed by atoms with E-state index in [1.54, 1.807) is 36.2 Å². The molecule has 0 aromatic heterocycles. The number of amides is 2. The van der Waals surface area contributed by atoms with E-state index in [4.69, 9.17) is 10.8 Å². The molecule has 1 rings (SSSR count). The standard InChI is InChI=1S/C12H17N3O3/c1-15(6-7-16)8-11(17)14-10-5-3-2-4-9(10)12(13)18/h2-5,16H,6-8H2,1H3,(H2,13,18)(H,14,17). The number of likely N-dealkylation sites (N-methyl/N-ethyl adjacent to an activating group) is 1. The Kier molecular flexibility index (Phi) is 5.29. The van der Waals surface area contributed by atoms with Crippen LogP contribution >= 0.6 is 0 Å². The lowest BCUT2D eigenvalue weighted by Gasteiger charge is -2.15. The predicted molar refractivity (Wildman–Crippen MR) is 68.2 cm³/mol. The highest BCUT2D eigenvalue weighted by Gasteiger charge is 2.11.